The fourth-order valence-corrected chi connectivity index (χ4v) is 5.03. The molecule has 0 saturated heterocycles. The van der Waals surface area contributed by atoms with E-state index < -0.39 is 17.9 Å². The van der Waals surface area contributed by atoms with Crippen LogP contribution in [0.3, 0.4) is 0 Å². The Morgan fingerprint density at radius 1 is 0.447 bits per heavy atom. The number of unbranched alkanes of at least 4 members (excludes halogenated alkanes) is 13. The standard InChI is InChI=1S/C35H65N5O7/c1-3-5-7-9-11-13-15-20-30(41)37-26-22-32(43)36-25-18-17-19-29(35(47)39-28-24-34(45)46)40-33(44)23-27-38-31(42)21-16-14-12-10-8-6-4-2/h29H,3-28H2,1-2H3,(H,36,43)(H,37,41)(H,38,42)(H,39,47)(H,40,44)(H,45,46)/t29-/m0/s1. The predicted molar refractivity (Wildman–Crippen MR) is 185 cm³/mol. The second-order valence-corrected chi connectivity index (χ2v) is 12.3. The smallest absolute Gasteiger partial charge is 0.305 e. The highest BCUT2D eigenvalue weighted by Crippen LogP contribution is 2.09. The van der Waals surface area contributed by atoms with E-state index in [4.69, 9.17) is 5.11 Å². The minimum absolute atomic E-state index is 0.0211. The van der Waals surface area contributed by atoms with E-state index in [0.29, 0.717) is 38.6 Å². The zero-order chi connectivity index (χ0) is 35.0. The first-order valence-corrected chi connectivity index (χ1v) is 18.3. The molecular formula is C35H65N5O7. The molecule has 0 aliphatic rings. The number of carboxylic acid groups (broad SMARTS) is 1. The fraction of sp³-hybridized carbons (Fsp3) is 0.829. The maximum absolute atomic E-state index is 12.7. The molecule has 0 aliphatic carbocycles. The maximum atomic E-state index is 12.7. The van der Waals surface area contributed by atoms with Crippen LogP contribution in [0.1, 0.15) is 155 Å². The summed E-state index contributed by atoms with van der Waals surface area (Å²) in [6.07, 6.45) is 18.1. The third-order valence-electron chi connectivity index (χ3n) is 7.89. The molecule has 0 rings (SSSR count). The molecular weight excluding hydrogens is 602 g/mol. The number of amides is 5. The molecule has 0 spiro atoms. The summed E-state index contributed by atoms with van der Waals surface area (Å²) in [5, 5.41) is 22.5. The first-order valence-electron chi connectivity index (χ1n) is 18.3. The molecule has 0 radical (unpaired) electrons. The molecule has 0 aromatic carbocycles. The molecule has 0 saturated carbocycles. The molecule has 0 aromatic heterocycles. The van der Waals surface area contributed by atoms with Crippen LogP contribution in [0.15, 0.2) is 0 Å². The normalized spacial score (nSPS) is 11.4. The molecule has 12 nitrogen and oxygen atoms in total. The average Bonchev–Trinajstić information content (AvgIpc) is 3.03. The second kappa shape index (κ2) is 31.4. The van der Waals surface area contributed by atoms with Crippen molar-refractivity contribution in [2.75, 3.05) is 26.2 Å². The van der Waals surface area contributed by atoms with E-state index in [1.165, 1.54) is 51.4 Å². The highest BCUT2D eigenvalue weighted by molar-refractivity contribution is 5.88. The van der Waals surface area contributed by atoms with Crippen molar-refractivity contribution in [3.63, 3.8) is 0 Å². The first kappa shape index (κ1) is 43.8. The van der Waals surface area contributed by atoms with Crippen LogP contribution < -0.4 is 26.6 Å². The molecule has 5 amide bonds. The van der Waals surface area contributed by atoms with Gasteiger partial charge in [0.2, 0.25) is 29.5 Å². The molecule has 0 unspecified atom stereocenters. The Morgan fingerprint density at radius 3 is 1.38 bits per heavy atom. The summed E-state index contributed by atoms with van der Waals surface area (Å²) in [6, 6.07) is -0.859. The average molecular weight is 668 g/mol. The molecule has 1 atom stereocenters. The van der Waals surface area contributed by atoms with Crippen LogP contribution >= 0.6 is 0 Å². The zero-order valence-corrected chi connectivity index (χ0v) is 29.4. The topological polar surface area (TPSA) is 183 Å². The van der Waals surface area contributed by atoms with E-state index in [-0.39, 0.29) is 62.5 Å². The van der Waals surface area contributed by atoms with Crippen LogP contribution in [0.25, 0.3) is 0 Å². The third kappa shape index (κ3) is 29.9. The van der Waals surface area contributed by atoms with Crippen molar-refractivity contribution in [3.05, 3.63) is 0 Å². The van der Waals surface area contributed by atoms with Crippen LogP contribution in [-0.2, 0) is 28.8 Å². The van der Waals surface area contributed by atoms with Gasteiger partial charge in [-0.05, 0) is 32.1 Å². The van der Waals surface area contributed by atoms with E-state index in [1.807, 2.05) is 0 Å². The van der Waals surface area contributed by atoms with Gasteiger partial charge in [0.25, 0.3) is 0 Å². The summed E-state index contributed by atoms with van der Waals surface area (Å²) in [5.74, 6) is -2.21. The van der Waals surface area contributed by atoms with Crippen molar-refractivity contribution >= 4 is 35.5 Å². The van der Waals surface area contributed by atoms with Crippen LogP contribution in [0.2, 0.25) is 0 Å². The van der Waals surface area contributed by atoms with E-state index >= 15 is 0 Å². The molecule has 0 bridgehead atoms. The van der Waals surface area contributed by atoms with Gasteiger partial charge in [-0.25, -0.2) is 0 Å². The lowest BCUT2D eigenvalue weighted by molar-refractivity contribution is -0.137. The lowest BCUT2D eigenvalue weighted by Crippen LogP contribution is -2.47. The van der Waals surface area contributed by atoms with Crippen molar-refractivity contribution in [2.45, 2.75) is 161 Å². The fourth-order valence-electron chi connectivity index (χ4n) is 5.03. The number of nitrogens with one attached hydrogen (secondary N) is 5. The third-order valence-corrected chi connectivity index (χ3v) is 7.89. The summed E-state index contributed by atoms with van der Waals surface area (Å²) in [5.41, 5.74) is 0. The van der Waals surface area contributed by atoms with E-state index in [9.17, 15) is 28.8 Å². The first-order chi connectivity index (χ1) is 22.7. The number of aliphatic carboxylic acids is 1. The number of carbonyl (C=O) groups excluding carboxylic acids is 5. The van der Waals surface area contributed by atoms with Crippen molar-refractivity contribution < 1.29 is 33.9 Å². The Morgan fingerprint density at radius 2 is 0.872 bits per heavy atom. The van der Waals surface area contributed by atoms with Gasteiger partial charge >= 0.3 is 5.97 Å². The van der Waals surface area contributed by atoms with Gasteiger partial charge in [-0.15, -0.1) is 0 Å². The van der Waals surface area contributed by atoms with Gasteiger partial charge in [-0.2, -0.15) is 0 Å². The van der Waals surface area contributed by atoms with Gasteiger partial charge < -0.3 is 31.7 Å². The number of carbonyl (C=O) groups is 6. The van der Waals surface area contributed by atoms with Crippen molar-refractivity contribution in [1.29, 1.82) is 0 Å². The molecule has 12 heteroatoms. The molecule has 0 heterocycles. The molecule has 0 fully saturated rings. The van der Waals surface area contributed by atoms with E-state index in [0.717, 1.165) is 38.5 Å². The summed E-state index contributed by atoms with van der Waals surface area (Å²) in [6.45, 7) is 5.15. The highest BCUT2D eigenvalue weighted by Gasteiger charge is 2.20. The number of hydrogen-bond acceptors (Lipinski definition) is 6. The van der Waals surface area contributed by atoms with Gasteiger partial charge in [0.15, 0.2) is 0 Å². The lowest BCUT2D eigenvalue weighted by Gasteiger charge is -2.18. The van der Waals surface area contributed by atoms with Crippen molar-refractivity contribution in [2.24, 2.45) is 0 Å². The van der Waals surface area contributed by atoms with Gasteiger partial charge in [0.05, 0.1) is 6.42 Å². The van der Waals surface area contributed by atoms with Crippen LogP contribution in [-0.4, -0.2) is 72.8 Å². The second-order valence-electron chi connectivity index (χ2n) is 12.3. The van der Waals surface area contributed by atoms with Crippen molar-refractivity contribution in [1.82, 2.24) is 26.6 Å². The molecule has 272 valence electrons. The van der Waals surface area contributed by atoms with Crippen LogP contribution in [0.5, 0.6) is 0 Å². The van der Waals surface area contributed by atoms with E-state index in [1.54, 1.807) is 0 Å². The monoisotopic (exact) mass is 667 g/mol. The Balaban J connectivity index is 4.28. The summed E-state index contributed by atoms with van der Waals surface area (Å²) in [7, 11) is 0. The van der Waals surface area contributed by atoms with Crippen LogP contribution in [0.4, 0.5) is 0 Å². The lowest BCUT2D eigenvalue weighted by atomic mass is 10.1. The minimum Gasteiger partial charge on any atom is -0.481 e. The Bertz CT molecular complexity index is 884. The predicted octanol–water partition coefficient (Wildman–Crippen LogP) is 4.64. The number of rotatable bonds is 32. The van der Waals surface area contributed by atoms with Gasteiger partial charge in [-0.1, -0.05) is 90.9 Å². The van der Waals surface area contributed by atoms with Crippen molar-refractivity contribution in [3.8, 4) is 0 Å². The maximum Gasteiger partial charge on any atom is 0.305 e. The van der Waals surface area contributed by atoms with E-state index in [2.05, 4.69) is 40.4 Å². The Hall–Kier alpha value is -3.18. The summed E-state index contributed by atoms with van der Waals surface area (Å²) >= 11 is 0. The minimum atomic E-state index is -1.04. The molecule has 6 N–H and O–H groups in total. The number of hydrogen-bond donors (Lipinski definition) is 6. The zero-order valence-electron chi connectivity index (χ0n) is 29.4. The molecule has 0 aromatic rings. The largest absolute Gasteiger partial charge is 0.481 e. The molecule has 47 heavy (non-hydrogen) atoms. The van der Waals surface area contributed by atoms with Gasteiger partial charge in [-0.3, -0.25) is 28.8 Å². The van der Waals surface area contributed by atoms with Crippen LogP contribution in [0, 0.1) is 0 Å². The quantitative estimate of drug-likeness (QED) is 0.0565. The summed E-state index contributed by atoms with van der Waals surface area (Å²) < 4.78 is 0. The summed E-state index contributed by atoms with van der Waals surface area (Å²) in [4.78, 5) is 72.2. The molecule has 0 aliphatic heterocycles. The SMILES string of the molecule is CCCCCCCCCC(=O)NCCC(=O)NCCCC[C@H](NC(=O)CCNC(=O)CCCCCCCCC)C(=O)NCCC(=O)O. The van der Waals surface area contributed by atoms with Gasteiger partial charge in [0, 0.05) is 51.9 Å². The Kier molecular flexibility index (Phi) is 29.3. The Labute approximate surface area is 283 Å². The highest BCUT2D eigenvalue weighted by atomic mass is 16.4. The number of carboxylic acids is 1. The van der Waals surface area contributed by atoms with Gasteiger partial charge in [0.1, 0.15) is 6.04 Å².